The van der Waals surface area contributed by atoms with Crippen LogP contribution in [-0.4, -0.2) is 27.6 Å². The Morgan fingerprint density at radius 3 is 2.02 bits per heavy atom. The number of fused-ring (bicyclic) bond motifs is 2. The summed E-state index contributed by atoms with van der Waals surface area (Å²) in [6.45, 7) is 14.0. The molecule has 1 unspecified atom stereocenters. The fourth-order valence-electron chi connectivity index (χ4n) is 5.79. The van der Waals surface area contributed by atoms with Crippen LogP contribution in [0.4, 0.5) is 5.69 Å². The minimum atomic E-state index is -1.23. The SMILES string of the molecule is Cc1c(Cl)c(Cl)c2c(c1Cl)C(=O)C(c1ccc3cccc(NC(=O)CCc4cc(C(C)(C)C)c(O)c(C(C)(C)C)c4)c3n1)C2=O. The highest BCUT2D eigenvalue weighted by Gasteiger charge is 2.45. The number of Topliss-reactive ketones (excluding diaryl/α,β-unsaturated/α-hetero) is 2. The minimum Gasteiger partial charge on any atom is -0.507 e. The molecule has 6 nitrogen and oxygen atoms in total. The predicted octanol–water partition coefficient (Wildman–Crippen LogP) is 9.54. The molecule has 0 bridgehead atoms. The van der Waals surface area contributed by atoms with E-state index in [1.165, 1.54) is 0 Å². The third-order valence-corrected chi connectivity index (χ3v) is 9.72. The lowest BCUT2D eigenvalue weighted by atomic mass is 9.78. The number of rotatable bonds is 5. The van der Waals surface area contributed by atoms with Crippen LogP contribution in [0.1, 0.15) is 103 Å². The molecule has 1 atom stereocenters. The second-order valence-electron chi connectivity index (χ2n) is 13.7. The number of amides is 1. The number of anilines is 1. The van der Waals surface area contributed by atoms with E-state index in [1.807, 2.05) is 18.2 Å². The molecule has 1 aliphatic carbocycles. The highest BCUT2D eigenvalue weighted by molar-refractivity contribution is 6.50. The first-order chi connectivity index (χ1) is 20.9. The largest absolute Gasteiger partial charge is 0.507 e. The smallest absolute Gasteiger partial charge is 0.224 e. The molecule has 0 saturated carbocycles. The number of hydrogen-bond acceptors (Lipinski definition) is 5. The van der Waals surface area contributed by atoms with Crippen LogP contribution >= 0.6 is 34.8 Å². The average molecular weight is 666 g/mol. The molecule has 0 aliphatic heterocycles. The third-order valence-electron chi connectivity index (χ3n) is 8.30. The Bertz CT molecular complexity index is 1840. The molecular formula is C36H35Cl3N2O4. The maximum Gasteiger partial charge on any atom is 0.224 e. The van der Waals surface area contributed by atoms with Crippen LogP contribution in [0.15, 0.2) is 42.5 Å². The molecule has 234 valence electrons. The molecule has 0 saturated heterocycles. The zero-order valence-corrected chi connectivity index (χ0v) is 28.6. The summed E-state index contributed by atoms with van der Waals surface area (Å²) < 4.78 is 0. The maximum absolute atomic E-state index is 13.5. The number of aromatic nitrogens is 1. The molecule has 1 heterocycles. The van der Waals surface area contributed by atoms with Crippen molar-refractivity contribution < 1.29 is 19.5 Å². The van der Waals surface area contributed by atoms with E-state index in [9.17, 15) is 19.5 Å². The monoisotopic (exact) mass is 664 g/mol. The summed E-state index contributed by atoms with van der Waals surface area (Å²) in [5, 5.41) is 15.0. The lowest BCUT2D eigenvalue weighted by Crippen LogP contribution is -2.18. The van der Waals surface area contributed by atoms with Crippen LogP contribution in [-0.2, 0) is 22.0 Å². The van der Waals surface area contributed by atoms with Gasteiger partial charge in [0.05, 0.1) is 43.1 Å². The molecule has 3 aromatic carbocycles. The van der Waals surface area contributed by atoms with Crippen LogP contribution in [0.3, 0.4) is 0 Å². The highest BCUT2D eigenvalue weighted by Crippen LogP contribution is 2.46. The number of hydrogen-bond donors (Lipinski definition) is 2. The molecule has 1 aromatic heterocycles. The molecule has 2 N–H and O–H groups in total. The molecule has 1 amide bonds. The van der Waals surface area contributed by atoms with E-state index in [2.05, 4.69) is 46.9 Å². The Labute approximate surface area is 278 Å². The van der Waals surface area contributed by atoms with Crippen LogP contribution in [0.2, 0.25) is 15.1 Å². The van der Waals surface area contributed by atoms with Gasteiger partial charge in [-0.3, -0.25) is 14.4 Å². The summed E-state index contributed by atoms with van der Waals surface area (Å²) in [7, 11) is 0. The van der Waals surface area contributed by atoms with Gasteiger partial charge < -0.3 is 10.4 Å². The molecule has 5 rings (SSSR count). The minimum absolute atomic E-state index is 0.000952. The van der Waals surface area contributed by atoms with Gasteiger partial charge >= 0.3 is 0 Å². The molecule has 0 spiro atoms. The quantitative estimate of drug-likeness (QED) is 0.164. The van der Waals surface area contributed by atoms with E-state index in [4.69, 9.17) is 39.8 Å². The maximum atomic E-state index is 13.5. The van der Waals surface area contributed by atoms with Crippen molar-refractivity contribution in [3.63, 3.8) is 0 Å². The fourth-order valence-corrected chi connectivity index (χ4v) is 6.64. The number of para-hydroxylation sites is 1. The first-order valence-electron chi connectivity index (χ1n) is 14.7. The first-order valence-corrected chi connectivity index (χ1v) is 15.9. The van der Waals surface area contributed by atoms with Gasteiger partial charge in [0.15, 0.2) is 11.6 Å². The zero-order chi connectivity index (χ0) is 33.2. The van der Waals surface area contributed by atoms with Gasteiger partial charge in [0.1, 0.15) is 11.7 Å². The summed E-state index contributed by atoms with van der Waals surface area (Å²) in [6, 6.07) is 12.7. The summed E-state index contributed by atoms with van der Waals surface area (Å²) >= 11 is 19.2. The van der Waals surface area contributed by atoms with Crippen molar-refractivity contribution >= 4 is 68.9 Å². The summed E-state index contributed by atoms with van der Waals surface area (Å²) in [6.07, 6.45) is 0.661. The summed E-state index contributed by atoms with van der Waals surface area (Å²) in [5.41, 5.74) is 3.71. The number of phenols is 1. The number of halogens is 3. The second-order valence-corrected chi connectivity index (χ2v) is 14.8. The molecule has 0 radical (unpaired) electrons. The van der Waals surface area contributed by atoms with E-state index in [-0.39, 0.29) is 55.0 Å². The van der Waals surface area contributed by atoms with Crippen molar-refractivity contribution in [2.75, 3.05) is 5.32 Å². The standard InChI is InChI=1S/C36H35Cl3N2O4/c1-17-28(37)26-27(30(39)29(17)38)34(45)25(33(26)44)22-13-12-19-9-8-10-23(31(19)41-22)40-24(42)14-11-18-15-20(35(2,3)4)32(43)21(16-18)36(5,6)7/h8-10,12-13,15-16,25,43H,11,14H2,1-7H3,(H,40,42). The summed E-state index contributed by atoms with van der Waals surface area (Å²) in [4.78, 5) is 45.0. The summed E-state index contributed by atoms with van der Waals surface area (Å²) in [5.74, 6) is -2.17. The number of ketones is 2. The molecule has 9 heteroatoms. The number of aryl methyl sites for hydroxylation is 1. The number of benzene rings is 3. The van der Waals surface area contributed by atoms with Crippen LogP contribution < -0.4 is 5.32 Å². The fraction of sp³-hybridized carbons (Fsp3) is 0.333. The van der Waals surface area contributed by atoms with Gasteiger partial charge in [-0.25, -0.2) is 4.98 Å². The van der Waals surface area contributed by atoms with Gasteiger partial charge in [0.25, 0.3) is 0 Å². The number of carbonyl (C=O) groups excluding carboxylic acids is 3. The van der Waals surface area contributed by atoms with Crippen molar-refractivity contribution in [1.29, 1.82) is 0 Å². The molecule has 0 fully saturated rings. The highest BCUT2D eigenvalue weighted by atomic mass is 35.5. The topological polar surface area (TPSA) is 96.4 Å². The number of pyridine rings is 1. The van der Waals surface area contributed by atoms with Gasteiger partial charge in [-0.2, -0.15) is 0 Å². The number of aromatic hydroxyl groups is 1. The van der Waals surface area contributed by atoms with E-state index >= 15 is 0 Å². The Balaban J connectivity index is 1.43. The second kappa shape index (κ2) is 11.7. The lowest BCUT2D eigenvalue weighted by molar-refractivity contribution is -0.116. The Morgan fingerprint density at radius 1 is 0.867 bits per heavy atom. The van der Waals surface area contributed by atoms with Gasteiger partial charge in [0.2, 0.25) is 5.91 Å². The van der Waals surface area contributed by atoms with Crippen LogP contribution in [0, 0.1) is 6.92 Å². The molecule has 4 aromatic rings. The van der Waals surface area contributed by atoms with Crippen LogP contribution in [0.5, 0.6) is 5.75 Å². The lowest BCUT2D eigenvalue weighted by Gasteiger charge is -2.28. The van der Waals surface area contributed by atoms with Gasteiger partial charge in [-0.1, -0.05) is 107 Å². The van der Waals surface area contributed by atoms with Crippen molar-refractivity contribution in [2.45, 2.75) is 78.1 Å². The van der Waals surface area contributed by atoms with E-state index in [1.54, 1.807) is 31.2 Å². The average Bonchev–Trinajstić information content (AvgIpc) is 3.22. The van der Waals surface area contributed by atoms with E-state index < -0.39 is 17.5 Å². The van der Waals surface area contributed by atoms with Crippen LogP contribution in [0.25, 0.3) is 10.9 Å². The predicted molar refractivity (Wildman–Crippen MR) is 182 cm³/mol. The van der Waals surface area contributed by atoms with Crippen molar-refractivity contribution in [3.05, 3.63) is 96.6 Å². The van der Waals surface area contributed by atoms with Gasteiger partial charge in [0, 0.05) is 11.8 Å². The molecule has 45 heavy (non-hydrogen) atoms. The number of phenolic OH excluding ortho intramolecular Hbond substituents is 1. The number of nitrogens with zero attached hydrogens (tertiary/aromatic N) is 1. The van der Waals surface area contributed by atoms with Gasteiger partial charge in [-0.15, -0.1) is 0 Å². The van der Waals surface area contributed by atoms with Crippen molar-refractivity contribution in [1.82, 2.24) is 4.98 Å². The number of nitrogens with one attached hydrogen (secondary N) is 1. The number of carbonyl (C=O) groups is 3. The third kappa shape index (κ3) is 5.96. The molecular weight excluding hydrogens is 631 g/mol. The first kappa shape index (κ1) is 32.9. The molecule has 1 aliphatic rings. The van der Waals surface area contributed by atoms with Gasteiger partial charge in [-0.05, 0) is 58.6 Å². The Morgan fingerprint density at radius 2 is 1.44 bits per heavy atom. The zero-order valence-electron chi connectivity index (χ0n) is 26.3. The van der Waals surface area contributed by atoms with Crippen molar-refractivity contribution in [3.8, 4) is 5.75 Å². The Kier molecular flexibility index (Phi) is 8.58. The van der Waals surface area contributed by atoms with E-state index in [0.717, 1.165) is 22.1 Å². The Hall–Kier alpha value is -3.45. The van der Waals surface area contributed by atoms with E-state index in [0.29, 0.717) is 28.9 Å². The normalized spacial score (nSPS) is 15.1. The van der Waals surface area contributed by atoms with Crippen molar-refractivity contribution in [2.24, 2.45) is 0 Å².